The van der Waals surface area contributed by atoms with E-state index in [9.17, 15) is 4.79 Å². The van der Waals surface area contributed by atoms with Crippen molar-refractivity contribution in [1.82, 2.24) is 20.2 Å². The zero-order valence-corrected chi connectivity index (χ0v) is 16.3. The van der Waals surface area contributed by atoms with E-state index in [1.165, 1.54) is 11.3 Å². The minimum atomic E-state index is -1.03. The molecule has 4 heterocycles. The molecule has 1 aliphatic rings. The first kappa shape index (κ1) is 17.0. The van der Waals surface area contributed by atoms with E-state index < -0.39 is 5.97 Å². The number of thiazole rings is 2. The Morgan fingerprint density at radius 1 is 1.29 bits per heavy atom. The number of fused-ring (bicyclic) bond motifs is 2. The number of benzene rings is 1. The zero-order valence-electron chi connectivity index (χ0n) is 14.7. The number of hydrogen-bond donors (Lipinski definition) is 2. The van der Waals surface area contributed by atoms with Gasteiger partial charge in [-0.1, -0.05) is 23.5 Å². The van der Waals surface area contributed by atoms with Crippen LogP contribution < -0.4 is 10.2 Å². The number of aromatic carboxylic acids is 1. The Morgan fingerprint density at radius 2 is 2.14 bits per heavy atom. The molecule has 0 amide bonds. The monoisotopic (exact) mass is 410 g/mol. The van der Waals surface area contributed by atoms with Crippen LogP contribution in [0.4, 0.5) is 21.9 Å². The fourth-order valence-electron chi connectivity index (χ4n) is 3.24. The molecule has 4 aromatic rings. The van der Waals surface area contributed by atoms with Crippen LogP contribution in [0.3, 0.4) is 0 Å². The van der Waals surface area contributed by atoms with Crippen molar-refractivity contribution in [3.63, 3.8) is 0 Å². The second-order valence-electron chi connectivity index (χ2n) is 6.43. The quantitative estimate of drug-likeness (QED) is 0.519. The second kappa shape index (κ2) is 6.50. The number of carboxylic acid groups (broad SMARTS) is 1. The molecule has 0 saturated heterocycles. The Morgan fingerprint density at radius 3 is 2.93 bits per heavy atom. The number of nitrogens with one attached hydrogen (secondary N) is 1. The van der Waals surface area contributed by atoms with Crippen LogP contribution in [0, 0.1) is 0 Å². The molecule has 8 nitrogen and oxygen atoms in total. The summed E-state index contributed by atoms with van der Waals surface area (Å²) in [6.45, 7) is 2.06. The number of anilines is 4. The molecule has 0 aliphatic carbocycles. The predicted molar refractivity (Wildman–Crippen MR) is 109 cm³/mol. The number of carbonyl (C=O) groups is 1. The zero-order chi connectivity index (χ0) is 19.3. The van der Waals surface area contributed by atoms with Gasteiger partial charge in [0.2, 0.25) is 0 Å². The number of hydrogen-bond acceptors (Lipinski definition) is 9. The van der Waals surface area contributed by atoms with Gasteiger partial charge in [-0.15, -0.1) is 21.5 Å². The van der Waals surface area contributed by atoms with Crippen molar-refractivity contribution in [2.45, 2.75) is 19.4 Å². The van der Waals surface area contributed by atoms with Gasteiger partial charge < -0.3 is 10.4 Å². The first-order chi connectivity index (χ1) is 13.6. The van der Waals surface area contributed by atoms with Crippen molar-refractivity contribution >= 4 is 60.8 Å². The summed E-state index contributed by atoms with van der Waals surface area (Å²) in [6.07, 6.45) is 0.779. The molecule has 0 fully saturated rings. The molecule has 0 bridgehead atoms. The standard InChI is InChI=1S/C18H14N6O2S2/c1-9-6-10-7-14(21-17-19-11-4-2-3-5-13(11)28-17)22-23-15(10)24(9)18-20-12(8-27-18)16(25)26/h2-5,7-9H,6H2,1H3,(H,25,26)(H,19,21,22). The van der Waals surface area contributed by atoms with Gasteiger partial charge in [0.05, 0.1) is 10.2 Å². The van der Waals surface area contributed by atoms with Crippen molar-refractivity contribution in [1.29, 1.82) is 0 Å². The van der Waals surface area contributed by atoms with Crippen LogP contribution in [-0.4, -0.2) is 37.3 Å². The average molecular weight is 410 g/mol. The lowest BCUT2D eigenvalue weighted by Crippen LogP contribution is -2.24. The third kappa shape index (κ3) is 2.86. The van der Waals surface area contributed by atoms with Crippen molar-refractivity contribution in [2.24, 2.45) is 0 Å². The van der Waals surface area contributed by atoms with E-state index in [4.69, 9.17) is 5.11 Å². The maximum atomic E-state index is 11.1. The van der Waals surface area contributed by atoms with Gasteiger partial charge in [0, 0.05) is 17.0 Å². The maximum absolute atomic E-state index is 11.1. The van der Waals surface area contributed by atoms with Crippen molar-refractivity contribution in [3.8, 4) is 0 Å². The molecule has 1 unspecified atom stereocenters. The summed E-state index contributed by atoms with van der Waals surface area (Å²) in [4.78, 5) is 21.8. The number of nitrogens with zero attached hydrogens (tertiary/aromatic N) is 5. The van der Waals surface area contributed by atoms with Gasteiger partial charge in [-0.05, 0) is 31.5 Å². The molecular weight excluding hydrogens is 396 g/mol. The SMILES string of the molecule is CC1Cc2cc(Nc3nc4ccccc4s3)nnc2N1c1nc(C(=O)O)cs1. The first-order valence-electron chi connectivity index (χ1n) is 8.56. The third-order valence-electron chi connectivity index (χ3n) is 4.48. The molecule has 0 saturated carbocycles. The van der Waals surface area contributed by atoms with Crippen LogP contribution in [-0.2, 0) is 6.42 Å². The van der Waals surface area contributed by atoms with Crippen molar-refractivity contribution < 1.29 is 9.90 Å². The summed E-state index contributed by atoms with van der Waals surface area (Å²) in [6, 6.07) is 10.1. The van der Waals surface area contributed by atoms with Gasteiger partial charge >= 0.3 is 5.97 Å². The van der Waals surface area contributed by atoms with Crippen molar-refractivity contribution in [3.05, 3.63) is 47.0 Å². The van der Waals surface area contributed by atoms with E-state index in [1.54, 1.807) is 16.7 Å². The van der Waals surface area contributed by atoms with Crippen LogP contribution in [0.25, 0.3) is 10.2 Å². The van der Waals surface area contributed by atoms with E-state index >= 15 is 0 Å². The predicted octanol–water partition coefficient (Wildman–Crippen LogP) is 4.07. The van der Waals surface area contributed by atoms with Gasteiger partial charge in [0.1, 0.15) is 0 Å². The Kier molecular flexibility index (Phi) is 3.95. The smallest absolute Gasteiger partial charge is 0.355 e. The summed E-state index contributed by atoms with van der Waals surface area (Å²) in [5.74, 6) is 0.321. The molecule has 1 atom stereocenters. The summed E-state index contributed by atoms with van der Waals surface area (Å²) in [7, 11) is 0. The van der Waals surface area contributed by atoms with Gasteiger partial charge in [-0.3, -0.25) is 4.90 Å². The highest BCUT2D eigenvalue weighted by atomic mass is 32.1. The fraction of sp³-hybridized carbons (Fsp3) is 0.167. The van der Waals surface area contributed by atoms with Crippen LogP contribution in [0.5, 0.6) is 0 Å². The van der Waals surface area contributed by atoms with E-state index in [0.29, 0.717) is 16.8 Å². The van der Waals surface area contributed by atoms with Gasteiger partial charge in [-0.25, -0.2) is 14.8 Å². The van der Waals surface area contributed by atoms with E-state index in [0.717, 1.165) is 27.3 Å². The average Bonchev–Trinajstić information content (AvgIpc) is 3.36. The highest BCUT2D eigenvalue weighted by Gasteiger charge is 2.32. The van der Waals surface area contributed by atoms with Crippen LogP contribution >= 0.6 is 22.7 Å². The highest BCUT2D eigenvalue weighted by Crippen LogP contribution is 2.39. The number of aromatic nitrogens is 4. The lowest BCUT2D eigenvalue weighted by Gasteiger charge is -2.19. The summed E-state index contributed by atoms with van der Waals surface area (Å²) >= 11 is 2.86. The second-order valence-corrected chi connectivity index (χ2v) is 8.30. The number of rotatable bonds is 4. The highest BCUT2D eigenvalue weighted by molar-refractivity contribution is 7.22. The molecule has 10 heteroatoms. The molecule has 5 rings (SSSR count). The Hall–Kier alpha value is -3.11. The topological polar surface area (TPSA) is 104 Å². The number of carboxylic acids is 1. The maximum Gasteiger partial charge on any atom is 0.355 e. The molecule has 3 aromatic heterocycles. The van der Waals surface area contributed by atoms with Crippen LogP contribution in [0.2, 0.25) is 0 Å². The molecular formula is C18H14N6O2S2. The summed E-state index contributed by atoms with van der Waals surface area (Å²) in [5.41, 5.74) is 2.03. The van der Waals surface area contributed by atoms with Gasteiger partial charge in [0.25, 0.3) is 0 Å². The molecule has 28 heavy (non-hydrogen) atoms. The molecule has 1 aliphatic heterocycles. The molecule has 2 N–H and O–H groups in total. The molecule has 0 radical (unpaired) electrons. The summed E-state index contributed by atoms with van der Waals surface area (Å²) < 4.78 is 1.11. The Bertz CT molecular complexity index is 1170. The van der Waals surface area contributed by atoms with E-state index in [-0.39, 0.29) is 11.7 Å². The molecule has 0 spiro atoms. The van der Waals surface area contributed by atoms with Gasteiger partial charge in [-0.2, -0.15) is 0 Å². The Balaban J connectivity index is 1.44. The largest absolute Gasteiger partial charge is 0.476 e. The van der Waals surface area contributed by atoms with Crippen LogP contribution in [0.1, 0.15) is 23.0 Å². The lowest BCUT2D eigenvalue weighted by molar-refractivity contribution is 0.0691. The van der Waals surface area contributed by atoms with Gasteiger partial charge in [0.15, 0.2) is 27.6 Å². The molecule has 140 valence electrons. The fourth-order valence-corrected chi connectivity index (χ4v) is 5.02. The summed E-state index contributed by atoms with van der Waals surface area (Å²) in [5, 5.41) is 23.9. The number of para-hydroxylation sites is 1. The van der Waals surface area contributed by atoms with E-state index in [2.05, 4.69) is 32.4 Å². The first-order valence-corrected chi connectivity index (χ1v) is 10.3. The van der Waals surface area contributed by atoms with Crippen LogP contribution in [0.15, 0.2) is 35.7 Å². The normalized spacial score (nSPS) is 15.8. The minimum absolute atomic E-state index is 0.0442. The third-order valence-corrected chi connectivity index (χ3v) is 6.27. The molecule has 1 aromatic carbocycles. The Labute approximate surface area is 167 Å². The lowest BCUT2D eigenvalue weighted by atomic mass is 10.2. The minimum Gasteiger partial charge on any atom is -0.476 e. The van der Waals surface area contributed by atoms with E-state index in [1.807, 2.05) is 35.2 Å². The van der Waals surface area contributed by atoms with Crippen molar-refractivity contribution in [2.75, 3.05) is 10.2 Å².